The number of rotatable bonds is 5. The Kier molecular flexibility index (Phi) is 5.54. The fraction of sp³-hybridized carbons (Fsp3) is 0.476. The first-order chi connectivity index (χ1) is 13.2. The van der Waals surface area contributed by atoms with E-state index in [2.05, 4.69) is 10.4 Å². The molecular weight excluding hydrogens is 361 g/mol. The summed E-state index contributed by atoms with van der Waals surface area (Å²) < 4.78 is 20.4. The highest BCUT2D eigenvalue weighted by atomic mass is 19.1. The van der Waals surface area contributed by atoms with E-state index < -0.39 is 10.8 Å². The summed E-state index contributed by atoms with van der Waals surface area (Å²) in [6.07, 6.45) is 6.33. The van der Waals surface area contributed by atoms with Crippen molar-refractivity contribution in [3.05, 3.63) is 48.0 Å². The largest absolute Gasteiger partial charge is 0.442 e. The van der Waals surface area contributed by atoms with Gasteiger partial charge in [0.15, 0.2) is 6.73 Å². The number of benzene rings is 1. The number of carbonyl (C=O) groups is 2. The van der Waals surface area contributed by atoms with E-state index in [1.165, 1.54) is 23.0 Å². The lowest BCUT2D eigenvalue weighted by Crippen LogP contribution is -2.38. The number of ether oxygens (including phenoxy) is 1. The molecule has 7 heteroatoms. The molecule has 150 valence electrons. The molecule has 0 spiro atoms. The highest BCUT2D eigenvalue weighted by Crippen LogP contribution is 2.42. The molecule has 28 heavy (non-hydrogen) atoms. The minimum atomic E-state index is -0.733. The van der Waals surface area contributed by atoms with Crippen LogP contribution in [0.25, 0.3) is 0 Å². The predicted octanol–water partition coefficient (Wildman–Crippen LogP) is 4.02. The van der Waals surface area contributed by atoms with E-state index in [4.69, 9.17) is 4.74 Å². The van der Waals surface area contributed by atoms with Crippen LogP contribution in [0.5, 0.6) is 0 Å². The fourth-order valence-corrected chi connectivity index (χ4v) is 3.50. The highest BCUT2D eigenvalue weighted by Gasteiger charge is 2.43. The molecule has 1 aliphatic carbocycles. The van der Waals surface area contributed by atoms with Gasteiger partial charge < -0.3 is 10.1 Å². The SMILES string of the molecule is CC(C)(C)C(=O)OCn1cc(NC(=O)C2(c3cccc(F)c3)CCCC2)cn1. The van der Waals surface area contributed by atoms with Crippen LogP contribution in [0, 0.1) is 11.2 Å². The number of hydrogen-bond donors (Lipinski definition) is 1. The summed E-state index contributed by atoms with van der Waals surface area (Å²) in [5.74, 6) is -0.837. The molecule has 0 bridgehead atoms. The van der Waals surface area contributed by atoms with Gasteiger partial charge >= 0.3 is 5.97 Å². The quantitative estimate of drug-likeness (QED) is 0.787. The van der Waals surface area contributed by atoms with Gasteiger partial charge in [0.05, 0.1) is 28.9 Å². The molecule has 1 fully saturated rings. The number of anilines is 1. The van der Waals surface area contributed by atoms with Gasteiger partial charge in [0.25, 0.3) is 0 Å². The molecular formula is C21H26FN3O3. The van der Waals surface area contributed by atoms with Crippen molar-refractivity contribution in [2.75, 3.05) is 5.32 Å². The predicted molar refractivity (Wildman–Crippen MR) is 103 cm³/mol. The number of amides is 1. The van der Waals surface area contributed by atoms with Gasteiger partial charge in [-0.1, -0.05) is 25.0 Å². The third-order valence-electron chi connectivity index (χ3n) is 5.10. The lowest BCUT2D eigenvalue weighted by Gasteiger charge is -2.28. The van der Waals surface area contributed by atoms with E-state index in [0.29, 0.717) is 24.1 Å². The van der Waals surface area contributed by atoms with Crippen molar-refractivity contribution in [3.63, 3.8) is 0 Å². The van der Waals surface area contributed by atoms with Crippen LogP contribution >= 0.6 is 0 Å². The Morgan fingerprint density at radius 3 is 2.64 bits per heavy atom. The number of halogens is 1. The van der Waals surface area contributed by atoms with E-state index >= 15 is 0 Å². The van der Waals surface area contributed by atoms with Crippen molar-refractivity contribution >= 4 is 17.6 Å². The van der Waals surface area contributed by atoms with Gasteiger partial charge in [-0.2, -0.15) is 5.10 Å². The Bertz CT molecular complexity index is 864. The van der Waals surface area contributed by atoms with Gasteiger partial charge in [-0.15, -0.1) is 0 Å². The molecule has 6 nitrogen and oxygen atoms in total. The third-order valence-corrected chi connectivity index (χ3v) is 5.10. The Balaban J connectivity index is 1.70. The lowest BCUT2D eigenvalue weighted by atomic mass is 9.78. The first-order valence-electron chi connectivity index (χ1n) is 9.48. The van der Waals surface area contributed by atoms with Crippen LogP contribution in [0.2, 0.25) is 0 Å². The lowest BCUT2D eigenvalue weighted by molar-refractivity contribution is -0.157. The van der Waals surface area contributed by atoms with Gasteiger partial charge in [0, 0.05) is 0 Å². The molecule has 3 rings (SSSR count). The normalized spacial score (nSPS) is 16.0. The van der Waals surface area contributed by atoms with E-state index in [0.717, 1.165) is 12.8 Å². The van der Waals surface area contributed by atoms with Crippen LogP contribution in [0.3, 0.4) is 0 Å². The van der Waals surface area contributed by atoms with Crippen molar-refractivity contribution in [1.82, 2.24) is 9.78 Å². The van der Waals surface area contributed by atoms with Gasteiger partial charge in [-0.3, -0.25) is 9.59 Å². The van der Waals surface area contributed by atoms with Crippen LogP contribution in [0.15, 0.2) is 36.7 Å². The minimum Gasteiger partial charge on any atom is -0.442 e. The number of hydrogen-bond acceptors (Lipinski definition) is 4. The standard InChI is InChI=1S/C21H26FN3O3/c1-20(2,3)19(27)28-14-25-13-17(12-23-25)24-18(26)21(9-4-5-10-21)15-7-6-8-16(22)11-15/h6-8,11-13H,4-5,9-10,14H2,1-3H3,(H,24,26). The molecule has 1 aromatic carbocycles. The first kappa shape index (κ1) is 20.0. The van der Waals surface area contributed by atoms with Crippen LogP contribution in [0.1, 0.15) is 52.0 Å². The Hall–Kier alpha value is -2.70. The molecule has 0 aliphatic heterocycles. The number of esters is 1. The maximum absolute atomic E-state index is 13.7. The van der Waals surface area contributed by atoms with Crippen molar-refractivity contribution in [3.8, 4) is 0 Å². The topological polar surface area (TPSA) is 73.2 Å². The fourth-order valence-electron chi connectivity index (χ4n) is 3.50. The average Bonchev–Trinajstić information content (AvgIpc) is 3.29. The van der Waals surface area contributed by atoms with E-state index in [1.807, 2.05) is 6.07 Å². The zero-order valence-electron chi connectivity index (χ0n) is 16.5. The molecule has 1 saturated carbocycles. The van der Waals surface area contributed by atoms with Crippen LogP contribution in [0.4, 0.5) is 10.1 Å². The smallest absolute Gasteiger partial charge is 0.313 e. The summed E-state index contributed by atoms with van der Waals surface area (Å²) in [7, 11) is 0. The summed E-state index contributed by atoms with van der Waals surface area (Å²) >= 11 is 0. The van der Waals surface area contributed by atoms with Crippen molar-refractivity contribution < 1.29 is 18.7 Å². The monoisotopic (exact) mass is 387 g/mol. The first-order valence-corrected chi connectivity index (χ1v) is 9.48. The Morgan fingerprint density at radius 1 is 1.29 bits per heavy atom. The molecule has 0 radical (unpaired) electrons. The average molecular weight is 387 g/mol. The molecule has 1 heterocycles. The molecule has 1 aromatic heterocycles. The van der Waals surface area contributed by atoms with Gasteiger partial charge in [-0.25, -0.2) is 9.07 Å². The summed E-state index contributed by atoms with van der Waals surface area (Å²) in [5.41, 5.74) is -0.110. The van der Waals surface area contributed by atoms with Crippen molar-refractivity contribution in [2.45, 2.75) is 58.6 Å². The number of nitrogens with one attached hydrogen (secondary N) is 1. The second kappa shape index (κ2) is 7.73. The van der Waals surface area contributed by atoms with E-state index in [-0.39, 0.29) is 24.4 Å². The highest BCUT2D eigenvalue weighted by molar-refractivity contribution is 5.99. The molecule has 0 atom stereocenters. The second-order valence-electron chi connectivity index (χ2n) is 8.33. The Morgan fingerprint density at radius 2 is 2.00 bits per heavy atom. The van der Waals surface area contributed by atoms with Crippen LogP contribution < -0.4 is 5.32 Å². The van der Waals surface area contributed by atoms with Gasteiger partial charge in [-0.05, 0) is 51.3 Å². The van der Waals surface area contributed by atoms with Gasteiger partial charge in [0.1, 0.15) is 5.82 Å². The molecule has 1 N–H and O–H groups in total. The second-order valence-corrected chi connectivity index (χ2v) is 8.33. The third kappa shape index (κ3) is 4.24. The van der Waals surface area contributed by atoms with Crippen LogP contribution in [-0.2, 0) is 26.5 Å². The molecule has 1 aliphatic rings. The molecule has 0 saturated heterocycles. The zero-order chi connectivity index (χ0) is 20.4. The molecule has 1 amide bonds. The summed E-state index contributed by atoms with van der Waals surface area (Å²) in [4.78, 5) is 25.0. The summed E-state index contributed by atoms with van der Waals surface area (Å²) in [6, 6.07) is 6.27. The maximum atomic E-state index is 13.7. The Labute approximate surface area is 164 Å². The van der Waals surface area contributed by atoms with Gasteiger partial charge in [0.2, 0.25) is 5.91 Å². The van der Waals surface area contributed by atoms with Crippen LogP contribution in [-0.4, -0.2) is 21.7 Å². The number of carbonyl (C=O) groups excluding carboxylic acids is 2. The van der Waals surface area contributed by atoms with E-state index in [9.17, 15) is 14.0 Å². The summed E-state index contributed by atoms with van der Waals surface area (Å²) in [5, 5.41) is 7.02. The molecule has 2 aromatic rings. The zero-order valence-corrected chi connectivity index (χ0v) is 16.5. The minimum absolute atomic E-state index is 0.0268. The van der Waals surface area contributed by atoms with E-state index in [1.54, 1.807) is 33.0 Å². The maximum Gasteiger partial charge on any atom is 0.313 e. The number of nitrogens with zero attached hydrogens (tertiary/aromatic N) is 2. The molecule has 0 unspecified atom stereocenters. The summed E-state index contributed by atoms with van der Waals surface area (Å²) in [6.45, 7) is 5.30. The number of aromatic nitrogens is 2. The van der Waals surface area contributed by atoms with Crippen molar-refractivity contribution in [1.29, 1.82) is 0 Å². The van der Waals surface area contributed by atoms with Crippen molar-refractivity contribution in [2.24, 2.45) is 5.41 Å².